The Kier molecular flexibility index (Phi) is 4.41. The number of thiophene rings is 1. The minimum absolute atomic E-state index is 0.718. The maximum absolute atomic E-state index is 12.2. The van der Waals surface area contributed by atoms with Gasteiger partial charge in [0.1, 0.15) is 4.83 Å². The van der Waals surface area contributed by atoms with Gasteiger partial charge in [-0.15, -0.1) is 11.3 Å². The highest BCUT2D eigenvalue weighted by Crippen LogP contribution is 2.28. The molecule has 0 aliphatic rings. The Balaban J connectivity index is 1.94. The van der Waals surface area contributed by atoms with E-state index < -0.39 is 10.8 Å². The second-order valence-corrected chi connectivity index (χ2v) is 7.62. The molecule has 1 atom stereocenters. The van der Waals surface area contributed by atoms with Gasteiger partial charge in [-0.1, -0.05) is 43.7 Å². The van der Waals surface area contributed by atoms with E-state index in [1.807, 2.05) is 42.6 Å². The molecule has 3 aromatic rings. The van der Waals surface area contributed by atoms with E-state index in [0.717, 1.165) is 44.4 Å². The molecular formula is C16H16N2OS2. The zero-order valence-corrected chi connectivity index (χ0v) is 13.4. The number of fused-ring (bicyclic) bond motifs is 1. The molecule has 108 valence electrons. The van der Waals surface area contributed by atoms with Crippen LogP contribution in [0, 0.1) is 0 Å². The molecule has 5 heteroatoms. The van der Waals surface area contributed by atoms with Crippen molar-refractivity contribution in [3.8, 4) is 11.4 Å². The van der Waals surface area contributed by atoms with Crippen molar-refractivity contribution in [2.75, 3.05) is 5.75 Å². The van der Waals surface area contributed by atoms with Crippen molar-refractivity contribution < 1.29 is 4.21 Å². The lowest BCUT2D eigenvalue weighted by Gasteiger charge is -1.98. The zero-order valence-electron chi connectivity index (χ0n) is 11.8. The maximum atomic E-state index is 12.2. The van der Waals surface area contributed by atoms with Crippen molar-refractivity contribution in [2.45, 2.75) is 24.0 Å². The van der Waals surface area contributed by atoms with Gasteiger partial charge in [0.15, 0.2) is 5.82 Å². The molecule has 0 bridgehead atoms. The van der Waals surface area contributed by atoms with Crippen molar-refractivity contribution in [1.29, 1.82) is 0 Å². The molecule has 3 nitrogen and oxygen atoms in total. The number of benzene rings is 1. The first-order chi connectivity index (χ1) is 10.3. The van der Waals surface area contributed by atoms with Crippen LogP contribution in [0.15, 0.2) is 46.8 Å². The van der Waals surface area contributed by atoms with Crippen LogP contribution < -0.4 is 0 Å². The van der Waals surface area contributed by atoms with E-state index in [9.17, 15) is 4.21 Å². The van der Waals surface area contributed by atoms with E-state index in [0.29, 0.717) is 0 Å². The van der Waals surface area contributed by atoms with E-state index >= 15 is 0 Å². The van der Waals surface area contributed by atoms with Gasteiger partial charge in [0.25, 0.3) is 0 Å². The summed E-state index contributed by atoms with van der Waals surface area (Å²) in [5.74, 6) is 1.44. The normalized spacial score (nSPS) is 12.6. The van der Waals surface area contributed by atoms with Crippen molar-refractivity contribution in [3.05, 3.63) is 42.6 Å². The summed E-state index contributed by atoms with van der Waals surface area (Å²) in [6, 6.07) is 11.9. The Morgan fingerprint density at radius 3 is 2.81 bits per heavy atom. The van der Waals surface area contributed by atoms with Crippen molar-refractivity contribution in [3.63, 3.8) is 0 Å². The highest BCUT2D eigenvalue weighted by atomic mass is 32.2. The summed E-state index contributed by atoms with van der Waals surface area (Å²) in [4.78, 5) is 9.92. The number of hydrogen-bond donors (Lipinski definition) is 0. The zero-order chi connectivity index (χ0) is 14.7. The van der Waals surface area contributed by atoms with Gasteiger partial charge < -0.3 is 0 Å². The predicted molar refractivity (Wildman–Crippen MR) is 89.0 cm³/mol. The maximum Gasteiger partial charge on any atom is 0.160 e. The third-order valence-electron chi connectivity index (χ3n) is 3.19. The van der Waals surface area contributed by atoms with Crippen LogP contribution in [0.2, 0.25) is 0 Å². The Morgan fingerprint density at radius 2 is 2.05 bits per heavy atom. The summed E-state index contributed by atoms with van der Waals surface area (Å²) >= 11 is 1.51. The lowest BCUT2D eigenvalue weighted by molar-refractivity contribution is 0.681. The molecule has 0 saturated heterocycles. The Hall–Kier alpha value is -1.59. The average molecular weight is 316 g/mol. The van der Waals surface area contributed by atoms with Crippen LogP contribution in [0.4, 0.5) is 0 Å². The van der Waals surface area contributed by atoms with Gasteiger partial charge in [0, 0.05) is 22.9 Å². The van der Waals surface area contributed by atoms with Crippen LogP contribution in [0.5, 0.6) is 0 Å². The monoisotopic (exact) mass is 316 g/mol. The quantitative estimate of drug-likeness (QED) is 0.706. The molecule has 0 aliphatic heterocycles. The minimum atomic E-state index is -0.916. The molecule has 1 aromatic carbocycles. The fourth-order valence-electron chi connectivity index (χ4n) is 2.02. The second-order valence-electron chi connectivity index (χ2n) is 4.79. The number of nitrogens with zero attached hydrogens (tertiary/aromatic N) is 2. The smallest absolute Gasteiger partial charge is 0.160 e. The molecule has 0 fully saturated rings. The topological polar surface area (TPSA) is 42.9 Å². The number of unbranched alkanes of at least 4 members (excludes halogenated alkanes) is 1. The molecule has 0 N–H and O–H groups in total. The summed E-state index contributed by atoms with van der Waals surface area (Å²) in [6.07, 6.45) is 3.87. The first-order valence-electron chi connectivity index (χ1n) is 6.98. The summed E-state index contributed by atoms with van der Waals surface area (Å²) in [7, 11) is -0.916. The molecular weight excluding hydrogens is 300 g/mol. The van der Waals surface area contributed by atoms with Gasteiger partial charge in [-0.2, -0.15) is 0 Å². The summed E-state index contributed by atoms with van der Waals surface area (Å²) in [6.45, 7) is 2.11. The minimum Gasteiger partial charge on any atom is -0.254 e. The molecule has 0 radical (unpaired) electrons. The number of rotatable bonds is 5. The average Bonchev–Trinajstić information content (AvgIpc) is 2.96. The first-order valence-corrected chi connectivity index (χ1v) is 9.12. The molecule has 0 aliphatic carbocycles. The van der Waals surface area contributed by atoms with Crippen molar-refractivity contribution >= 4 is 32.4 Å². The molecule has 2 heterocycles. The van der Waals surface area contributed by atoms with Gasteiger partial charge in [0.05, 0.1) is 15.0 Å². The fraction of sp³-hybridized carbons (Fsp3) is 0.250. The highest BCUT2D eigenvalue weighted by molar-refractivity contribution is 7.87. The molecule has 21 heavy (non-hydrogen) atoms. The number of hydrogen-bond acceptors (Lipinski definition) is 4. The van der Waals surface area contributed by atoms with E-state index in [4.69, 9.17) is 0 Å². The molecule has 0 saturated carbocycles. The van der Waals surface area contributed by atoms with Crippen LogP contribution >= 0.6 is 11.3 Å². The lowest BCUT2D eigenvalue weighted by Crippen LogP contribution is -1.94. The van der Waals surface area contributed by atoms with Crippen LogP contribution in [-0.2, 0) is 10.8 Å². The van der Waals surface area contributed by atoms with Gasteiger partial charge in [-0.25, -0.2) is 9.97 Å². The van der Waals surface area contributed by atoms with Crippen LogP contribution in [0.25, 0.3) is 21.6 Å². The fourth-order valence-corrected chi connectivity index (χ4v) is 4.63. The van der Waals surface area contributed by atoms with E-state index in [1.165, 1.54) is 11.3 Å². The van der Waals surface area contributed by atoms with Gasteiger partial charge in [0.2, 0.25) is 0 Å². The van der Waals surface area contributed by atoms with Crippen LogP contribution in [0.3, 0.4) is 0 Å². The number of aromatic nitrogens is 2. The Labute approximate surface area is 130 Å². The molecule has 3 rings (SSSR count). The summed E-state index contributed by atoms with van der Waals surface area (Å²) in [5, 5.41) is 0.972. The van der Waals surface area contributed by atoms with Gasteiger partial charge in [-0.3, -0.25) is 4.21 Å². The first kappa shape index (κ1) is 14.4. The van der Waals surface area contributed by atoms with Crippen LogP contribution in [-0.4, -0.2) is 19.9 Å². The molecule has 0 amide bonds. The second kappa shape index (κ2) is 6.45. The van der Waals surface area contributed by atoms with E-state index in [2.05, 4.69) is 16.9 Å². The van der Waals surface area contributed by atoms with E-state index in [1.54, 1.807) is 0 Å². The predicted octanol–water partition coefficient (Wildman–Crippen LogP) is 4.27. The van der Waals surface area contributed by atoms with Gasteiger partial charge in [-0.05, 0) is 12.5 Å². The summed E-state index contributed by atoms with van der Waals surface area (Å²) in [5.41, 5.74) is 1.00. The third-order valence-corrected chi connectivity index (χ3v) is 6.06. The Morgan fingerprint density at radius 1 is 1.24 bits per heavy atom. The lowest BCUT2D eigenvalue weighted by atomic mass is 10.2. The van der Waals surface area contributed by atoms with Crippen molar-refractivity contribution in [1.82, 2.24) is 9.97 Å². The highest BCUT2D eigenvalue weighted by Gasteiger charge is 2.11. The van der Waals surface area contributed by atoms with Crippen LogP contribution in [0.1, 0.15) is 19.8 Å². The third kappa shape index (κ3) is 3.19. The Bertz CT molecular complexity index is 768. The SMILES string of the molecule is CCCCS(=O)c1cc2cnc(-c3ccccc3)nc2s1. The van der Waals surface area contributed by atoms with Crippen molar-refractivity contribution in [2.24, 2.45) is 0 Å². The standard InChI is InChI=1S/C16H16N2OS2/c1-2-3-9-21(19)14-10-13-11-17-15(18-16(13)20-14)12-7-5-4-6-8-12/h4-8,10-11H,2-3,9H2,1H3. The summed E-state index contributed by atoms with van der Waals surface area (Å²) < 4.78 is 13.1. The molecule has 0 spiro atoms. The molecule has 2 aromatic heterocycles. The molecule has 1 unspecified atom stereocenters. The van der Waals surface area contributed by atoms with E-state index in [-0.39, 0.29) is 0 Å². The largest absolute Gasteiger partial charge is 0.254 e. The van der Waals surface area contributed by atoms with Gasteiger partial charge >= 0.3 is 0 Å².